The number of carbonyl (C=O) groups is 2. The minimum absolute atomic E-state index is 0.0725. The van der Waals surface area contributed by atoms with E-state index in [1.165, 1.54) is 17.2 Å². The molecule has 1 aliphatic heterocycles. The molecule has 1 fully saturated rings. The van der Waals surface area contributed by atoms with E-state index in [2.05, 4.69) is 15.5 Å². The summed E-state index contributed by atoms with van der Waals surface area (Å²) in [5.74, 6) is -0.277. The van der Waals surface area contributed by atoms with Crippen molar-refractivity contribution in [3.63, 3.8) is 0 Å². The van der Waals surface area contributed by atoms with Gasteiger partial charge in [0.1, 0.15) is 16.9 Å². The van der Waals surface area contributed by atoms with Gasteiger partial charge in [-0.25, -0.2) is 5.10 Å². The Labute approximate surface area is 148 Å². The van der Waals surface area contributed by atoms with E-state index in [1.54, 1.807) is 24.3 Å². The average Bonchev–Trinajstić information content (AvgIpc) is 2.63. The maximum atomic E-state index is 12.0. The van der Waals surface area contributed by atoms with Gasteiger partial charge in [-0.05, 0) is 18.2 Å². The molecule has 9 heteroatoms. The minimum atomic E-state index is -1.22. The molecule has 1 aliphatic rings. The average molecular weight is 358 g/mol. The molecule has 2 heterocycles. The smallest absolute Gasteiger partial charge is 0.277 e. The number of para-hydroxylation sites is 1. The van der Waals surface area contributed by atoms with E-state index < -0.39 is 17.1 Å². The molecule has 3 rings (SSSR count). The molecule has 1 aromatic heterocycles. The Morgan fingerprint density at radius 3 is 2.69 bits per heavy atom. The van der Waals surface area contributed by atoms with E-state index in [1.807, 2.05) is 6.07 Å². The summed E-state index contributed by atoms with van der Waals surface area (Å²) in [7, 11) is 0. The second kappa shape index (κ2) is 7.36. The fourth-order valence-electron chi connectivity index (χ4n) is 2.57. The molecule has 0 unspecified atom stereocenters. The molecule has 0 saturated carbocycles. The lowest BCUT2D eigenvalue weighted by atomic mass is 9.94. The molecule has 0 atom stereocenters. The lowest BCUT2D eigenvalue weighted by molar-refractivity contribution is -0.156. The van der Waals surface area contributed by atoms with E-state index in [4.69, 9.17) is 4.74 Å². The van der Waals surface area contributed by atoms with Crippen LogP contribution < -0.4 is 15.6 Å². The van der Waals surface area contributed by atoms with Crippen LogP contribution in [0.2, 0.25) is 0 Å². The number of nitrogens with one attached hydrogen (secondary N) is 2. The number of likely N-dealkylation sites (tertiary alicyclic amines) is 1. The molecule has 2 aromatic rings. The maximum absolute atomic E-state index is 12.0. The Morgan fingerprint density at radius 2 is 2.00 bits per heavy atom. The SMILES string of the molecule is O=C(NCC1(O)CN(C(=O)COc2ccccc2)C1)c1ccn[nH]c1=O. The van der Waals surface area contributed by atoms with Gasteiger partial charge in [0.05, 0.1) is 19.6 Å². The third kappa shape index (κ3) is 4.06. The van der Waals surface area contributed by atoms with E-state index in [9.17, 15) is 19.5 Å². The summed E-state index contributed by atoms with van der Waals surface area (Å²) in [6.07, 6.45) is 1.29. The van der Waals surface area contributed by atoms with Crippen LogP contribution in [0.3, 0.4) is 0 Å². The fraction of sp³-hybridized carbons (Fsp3) is 0.294. The molecule has 0 spiro atoms. The number of nitrogens with zero attached hydrogens (tertiary/aromatic N) is 2. The highest BCUT2D eigenvalue weighted by Crippen LogP contribution is 2.20. The molecule has 1 saturated heterocycles. The molecule has 0 bridgehead atoms. The molecular formula is C17H18N4O5. The second-order valence-corrected chi connectivity index (χ2v) is 6.06. The summed E-state index contributed by atoms with van der Waals surface area (Å²) in [6.45, 7) is -0.0380. The van der Waals surface area contributed by atoms with Gasteiger partial charge in [-0.3, -0.25) is 14.4 Å². The van der Waals surface area contributed by atoms with Crippen molar-refractivity contribution < 1.29 is 19.4 Å². The number of β-amino-alcohol motifs (C(OH)–C–C–N with tert-alkyl or cyclic N) is 1. The lowest BCUT2D eigenvalue weighted by Gasteiger charge is -2.46. The zero-order chi connectivity index (χ0) is 18.6. The number of rotatable bonds is 6. The zero-order valence-corrected chi connectivity index (χ0v) is 13.8. The highest BCUT2D eigenvalue weighted by molar-refractivity contribution is 5.93. The van der Waals surface area contributed by atoms with E-state index in [0.717, 1.165) is 0 Å². The Balaban J connectivity index is 1.44. The van der Waals surface area contributed by atoms with Gasteiger partial charge in [-0.1, -0.05) is 18.2 Å². The van der Waals surface area contributed by atoms with E-state index in [0.29, 0.717) is 5.75 Å². The highest BCUT2D eigenvalue weighted by Gasteiger charge is 2.43. The first-order chi connectivity index (χ1) is 12.5. The Morgan fingerprint density at radius 1 is 1.27 bits per heavy atom. The summed E-state index contributed by atoms with van der Waals surface area (Å²) in [6, 6.07) is 10.2. The van der Waals surface area contributed by atoms with Gasteiger partial charge >= 0.3 is 0 Å². The van der Waals surface area contributed by atoms with Crippen molar-refractivity contribution in [1.29, 1.82) is 0 Å². The number of amides is 2. The van der Waals surface area contributed by atoms with Crippen LogP contribution in [0.25, 0.3) is 0 Å². The number of H-pyrrole nitrogens is 1. The molecular weight excluding hydrogens is 340 g/mol. The van der Waals surface area contributed by atoms with Crippen LogP contribution in [0.4, 0.5) is 0 Å². The predicted octanol–water partition coefficient (Wildman–Crippen LogP) is -0.848. The first-order valence-corrected chi connectivity index (χ1v) is 7.97. The number of benzene rings is 1. The Kier molecular flexibility index (Phi) is 4.99. The standard InChI is InChI=1S/C17H18N4O5/c22-14(8-26-12-4-2-1-3-5-12)21-10-17(25,11-21)9-18-15(23)13-6-7-19-20-16(13)24/h1-7,25H,8-11H2,(H,18,23)(H,20,24). The normalized spacial score (nSPS) is 15.0. The van der Waals surface area contributed by atoms with Crippen LogP contribution in [0.5, 0.6) is 5.75 Å². The summed E-state index contributed by atoms with van der Waals surface area (Å²) in [5.41, 5.74) is -1.93. The number of aromatic amines is 1. The lowest BCUT2D eigenvalue weighted by Crippen LogP contribution is -2.68. The number of aromatic nitrogens is 2. The second-order valence-electron chi connectivity index (χ2n) is 6.06. The van der Waals surface area contributed by atoms with Crippen LogP contribution in [0.15, 0.2) is 47.4 Å². The van der Waals surface area contributed by atoms with Crippen molar-refractivity contribution in [2.45, 2.75) is 5.60 Å². The Bertz CT molecular complexity index is 845. The number of ether oxygens (including phenoxy) is 1. The third-order valence-electron chi connectivity index (χ3n) is 3.98. The van der Waals surface area contributed by atoms with Crippen molar-refractivity contribution in [1.82, 2.24) is 20.4 Å². The monoisotopic (exact) mass is 358 g/mol. The molecule has 9 nitrogen and oxygen atoms in total. The summed E-state index contributed by atoms with van der Waals surface area (Å²) < 4.78 is 5.38. The van der Waals surface area contributed by atoms with Gasteiger partial charge in [0.15, 0.2) is 6.61 Å². The number of aliphatic hydroxyl groups is 1. The van der Waals surface area contributed by atoms with Gasteiger partial charge in [0.2, 0.25) is 0 Å². The van der Waals surface area contributed by atoms with Gasteiger partial charge in [-0.2, -0.15) is 5.10 Å². The van der Waals surface area contributed by atoms with Crippen molar-refractivity contribution in [3.05, 3.63) is 58.5 Å². The summed E-state index contributed by atoms with van der Waals surface area (Å²) in [4.78, 5) is 36.9. The Hall–Kier alpha value is -3.20. The van der Waals surface area contributed by atoms with Crippen molar-refractivity contribution in [2.24, 2.45) is 0 Å². The molecule has 2 amide bonds. The summed E-state index contributed by atoms with van der Waals surface area (Å²) >= 11 is 0. The van der Waals surface area contributed by atoms with E-state index in [-0.39, 0.29) is 37.7 Å². The van der Waals surface area contributed by atoms with Crippen LogP contribution in [-0.2, 0) is 4.79 Å². The van der Waals surface area contributed by atoms with Gasteiger partial charge < -0.3 is 20.1 Å². The number of hydrogen-bond acceptors (Lipinski definition) is 6. The van der Waals surface area contributed by atoms with Crippen molar-refractivity contribution >= 4 is 11.8 Å². The largest absolute Gasteiger partial charge is 0.484 e. The molecule has 1 aromatic carbocycles. The molecule has 26 heavy (non-hydrogen) atoms. The van der Waals surface area contributed by atoms with Gasteiger partial charge in [0, 0.05) is 6.20 Å². The molecule has 0 radical (unpaired) electrons. The van der Waals surface area contributed by atoms with Crippen LogP contribution >= 0.6 is 0 Å². The minimum Gasteiger partial charge on any atom is -0.484 e. The van der Waals surface area contributed by atoms with E-state index >= 15 is 0 Å². The summed E-state index contributed by atoms with van der Waals surface area (Å²) in [5, 5.41) is 18.5. The first-order valence-electron chi connectivity index (χ1n) is 7.97. The first kappa shape index (κ1) is 17.6. The van der Waals surface area contributed by atoms with Crippen LogP contribution in [0.1, 0.15) is 10.4 Å². The number of carbonyl (C=O) groups excluding carboxylic acids is 2. The quantitative estimate of drug-likeness (QED) is 0.618. The third-order valence-corrected chi connectivity index (χ3v) is 3.98. The van der Waals surface area contributed by atoms with Crippen molar-refractivity contribution in [2.75, 3.05) is 26.2 Å². The molecule has 3 N–H and O–H groups in total. The topological polar surface area (TPSA) is 125 Å². The zero-order valence-electron chi connectivity index (χ0n) is 13.8. The fourth-order valence-corrected chi connectivity index (χ4v) is 2.57. The van der Waals surface area contributed by atoms with Crippen LogP contribution in [0, 0.1) is 0 Å². The predicted molar refractivity (Wildman–Crippen MR) is 90.7 cm³/mol. The molecule has 0 aliphatic carbocycles. The maximum Gasteiger partial charge on any atom is 0.277 e. The number of hydrogen-bond donors (Lipinski definition) is 3. The van der Waals surface area contributed by atoms with Crippen molar-refractivity contribution in [3.8, 4) is 5.75 Å². The van der Waals surface area contributed by atoms with Gasteiger partial charge in [-0.15, -0.1) is 0 Å². The molecule has 136 valence electrons. The highest BCUT2D eigenvalue weighted by atomic mass is 16.5. The van der Waals surface area contributed by atoms with Crippen LogP contribution in [-0.4, -0.2) is 63.9 Å². The van der Waals surface area contributed by atoms with Gasteiger partial charge in [0.25, 0.3) is 17.4 Å².